The van der Waals surface area contributed by atoms with Crippen molar-refractivity contribution in [2.24, 2.45) is 7.05 Å². The van der Waals surface area contributed by atoms with Crippen LogP contribution < -0.4 is 10.5 Å². The molecule has 0 aliphatic heterocycles. The van der Waals surface area contributed by atoms with Gasteiger partial charge < -0.3 is 4.90 Å². The third-order valence-electron chi connectivity index (χ3n) is 2.40. The molecule has 5 nitrogen and oxygen atoms in total. The van der Waals surface area contributed by atoms with Crippen molar-refractivity contribution in [3.8, 4) is 0 Å². The van der Waals surface area contributed by atoms with E-state index < -0.39 is 0 Å². The molecule has 1 aromatic heterocycles. The van der Waals surface area contributed by atoms with Crippen LogP contribution >= 0.6 is 11.9 Å². The number of aromatic nitrogens is 2. The van der Waals surface area contributed by atoms with Crippen molar-refractivity contribution >= 4 is 17.8 Å². The van der Waals surface area contributed by atoms with Crippen LogP contribution in [0.5, 0.6) is 0 Å². The first-order chi connectivity index (χ1) is 7.49. The van der Waals surface area contributed by atoms with E-state index in [9.17, 15) is 4.79 Å². The Balaban J connectivity index is 3.23. The van der Waals surface area contributed by atoms with Crippen molar-refractivity contribution in [1.29, 1.82) is 0 Å². The van der Waals surface area contributed by atoms with Gasteiger partial charge in [0.25, 0.3) is 5.56 Å². The van der Waals surface area contributed by atoms with Gasteiger partial charge in [-0.25, -0.2) is 4.98 Å². The van der Waals surface area contributed by atoms with E-state index in [1.165, 1.54) is 4.57 Å². The van der Waals surface area contributed by atoms with Gasteiger partial charge in [0.2, 0.25) is 5.95 Å². The molecule has 1 aromatic rings. The molecule has 0 saturated heterocycles. The quantitative estimate of drug-likeness (QED) is 0.790. The van der Waals surface area contributed by atoms with Crippen molar-refractivity contribution in [3.63, 3.8) is 0 Å². The number of aryl methyl sites for hydroxylation is 1. The molecule has 6 heteroatoms. The Kier molecular flexibility index (Phi) is 4.32. The molecular weight excluding hydrogens is 230 g/mol. The second kappa shape index (κ2) is 5.32. The molecule has 0 aliphatic rings. The van der Waals surface area contributed by atoms with Gasteiger partial charge in [0, 0.05) is 33.1 Å². The minimum Gasteiger partial charge on any atom is -0.348 e. The summed E-state index contributed by atoms with van der Waals surface area (Å²) in [6.07, 6.45) is 0.475. The Morgan fingerprint density at radius 3 is 2.62 bits per heavy atom. The number of nitrogens with zero attached hydrogens (tertiary/aromatic N) is 3. The minimum absolute atomic E-state index is 0.0510. The Hall–Kier alpha value is -1.07. The predicted molar refractivity (Wildman–Crippen MR) is 64.1 cm³/mol. The second-order valence-corrected chi connectivity index (χ2v) is 4.02. The largest absolute Gasteiger partial charge is 0.348 e. The molecule has 0 spiro atoms. The lowest BCUT2D eigenvalue weighted by atomic mass is 10.2. The summed E-state index contributed by atoms with van der Waals surface area (Å²) in [5.41, 5.74) is 1.32. The topological polar surface area (TPSA) is 47.4 Å². The summed E-state index contributed by atoms with van der Waals surface area (Å²) in [6.45, 7) is 2.12. The van der Waals surface area contributed by atoms with Gasteiger partial charge in [-0.3, -0.25) is 13.7 Å². The number of hydrogen-bond acceptors (Lipinski definition) is 4. The smallest absolute Gasteiger partial charge is 0.258 e. The van der Waals surface area contributed by atoms with Crippen LogP contribution in [0, 0.1) is 6.92 Å². The summed E-state index contributed by atoms with van der Waals surface area (Å²) in [5, 5.41) is 0. The van der Waals surface area contributed by atoms with Crippen molar-refractivity contribution in [1.82, 2.24) is 9.55 Å². The molecule has 0 aliphatic carbocycles. The van der Waals surface area contributed by atoms with Gasteiger partial charge in [-0.2, -0.15) is 0 Å². The number of hydrogen-bond donors (Lipinski definition) is 0. The van der Waals surface area contributed by atoms with Crippen LogP contribution in [0.3, 0.4) is 0 Å². The highest BCUT2D eigenvalue weighted by molar-refractivity contribution is 6.07. The summed E-state index contributed by atoms with van der Waals surface area (Å²) >= 11 is 5.14. The molecule has 0 atom stereocenters. The average molecular weight is 246 g/mol. The first-order valence-corrected chi connectivity index (χ1v) is 5.27. The molecule has 0 aromatic carbocycles. The fourth-order valence-electron chi connectivity index (χ4n) is 1.57. The van der Waals surface area contributed by atoms with E-state index in [1.54, 1.807) is 11.9 Å². The van der Waals surface area contributed by atoms with E-state index in [4.69, 9.17) is 11.9 Å². The first kappa shape index (κ1) is 13.0. The SMILES string of the molecule is Cc1nc(N(C)C)n(C)c(=O)c1CCOCl. The third-order valence-corrected chi connectivity index (χ3v) is 2.55. The highest BCUT2D eigenvalue weighted by atomic mass is 35.5. The van der Waals surface area contributed by atoms with Crippen LogP contribution in [0.1, 0.15) is 11.3 Å². The Labute approximate surface area is 99.8 Å². The van der Waals surface area contributed by atoms with Gasteiger partial charge in [-0.15, -0.1) is 0 Å². The van der Waals surface area contributed by atoms with E-state index in [1.807, 2.05) is 21.0 Å². The van der Waals surface area contributed by atoms with E-state index >= 15 is 0 Å². The van der Waals surface area contributed by atoms with E-state index in [0.717, 1.165) is 5.69 Å². The van der Waals surface area contributed by atoms with Crippen LogP contribution in [0.25, 0.3) is 0 Å². The molecule has 16 heavy (non-hydrogen) atoms. The Morgan fingerprint density at radius 2 is 2.12 bits per heavy atom. The lowest BCUT2D eigenvalue weighted by molar-refractivity contribution is 0.355. The average Bonchev–Trinajstić information content (AvgIpc) is 2.23. The maximum Gasteiger partial charge on any atom is 0.258 e. The van der Waals surface area contributed by atoms with E-state index in [2.05, 4.69) is 9.27 Å². The summed E-state index contributed by atoms with van der Waals surface area (Å²) in [5.74, 6) is 0.637. The van der Waals surface area contributed by atoms with Crippen molar-refractivity contribution in [2.75, 3.05) is 25.6 Å². The van der Waals surface area contributed by atoms with Gasteiger partial charge in [-0.05, 0) is 6.92 Å². The Morgan fingerprint density at radius 1 is 1.50 bits per heavy atom. The van der Waals surface area contributed by atoms with Gasteiger partial charge >= 0.3 is 0 Å². The molecule has 0 N–H and O–H groups in total. The predicted octanol–water partition coefficient (Wildman–Crippen LogP) is 0.868. The number of halogens is 1. The highest BCUT2D eigenvalue weighted by Gasteiger charge is 2.12. The molecule has 0 bridgehead atoms. The Bertz CT molecular complexity index is 429. The van der Waals surface area contributed by atoms with Crippen molar-refractivity contribution in [3.05, 3.63) is 21.6 Å². The normalized spacial score (nSPS) is 10.6. The standard InChI is InChI=1S/C10H16ClN3O2/c1-7-8(5-6-16-11)9(15)14(4)10(12-7)13(2)3/h5-6H2,1-4H3. The van der Waals surface area contributed by atoms with Gasteiger partial charge in [0.1, 0.15) is 0 Å². The molecule has 0 unspecified atom stereocenters. The summed E-state index contributed by atoms with van der Waals surface area (Å²) < 4.78 is 5.98. The van der Waals surface area contributed by atoms with Gasteiger partial charge in [-0.1, -0.05) is 0 Å². The monoisotopic (exact) mass is 245 g/mol. The van der Waals surface area contributed by atoms with Crippen molar-refractivity contribution < 1.29 is 4.29 Å². The first-order valence-electron chi connectivity index (χ1n) is 4.96. The van der Waals surface area contributed by atoms with Gasteiger partial charge in [0.15, 0.2) is 0 Å². The molecule has 1 rings (SSSR count). The molecule has 0 saturated carbocycles. The summed E-state index contributed by atoms with van der Waals surface area (Å²) in [4.78, 5) is 18.2. The zero-order valence-electron chi connectivity index (χ0n) is 9.95. The van der Waals surface area contributed by atoms with E-state index in [0.29, 0.717) is 24.5 Å². The molecule has 0 amide bonds. The lowest BCUT2D eigenvalue weighted by Crippen LogP contribution is -2.30. The lowest BCUT2D eigenvalue weighted by Gasteiger charge is -2.17. The fraction of sp³-hybridized carbons (Fsp3) is 0.600. The van der Waals surface area contributed by atoms with Crippen LogP contribution in [0.4, 0.5) is 5.95 Å². The maximum atomic E-state index is 12.0. The number of anilines is 1. The zero-order chi connectivity index (χ0) is 12.3. The highest BCUT2D eigenvalue weighted by Crippen LogP contribution is 2.08. The van der Waals surface area contributed by atoms with Crippen LogP contribution in [0.15, 0.2) is 4.79 Å². The minimum atomic E-state index is -0.0510. The second-order valence-electron chi connectivity index (χ2n) is 3.80. The zero-order valence-corrected chi connectivity index (χ0v) is 10.7. The molecule has 90 valence electrons. The maximum absolute atomic E-state index is 12.0. The van der Waals surface area contributed by atoms with Gasteiger partial charge in [0.05, 0.1) is 24.2 Å². The summed E-state index contributed by atoms with van der Waals surface area (Å²) in [7, 11) is 5.40. The molecule has 0 fully saturated rings. The molecule has 0 radical (unpaired) electrons. The van der Waals surface area contributed by atoms with E-state index in [-0.39, 0.29) is 5.56 Å². The third kappa shape index (κ3) is 2.54. The molecular formula is C10H16ClN3O2. The van der Waals surface area contributed by atoms with Crippen molar-refractivity contribution in [2.45, 2.75) is 13.3 Å². The molecule has 1 heterocycles. The van der Waals surface area contributed by atoms with Crippen LogP contribution in [-0.2, 0) is 17.8 Å². The summed E-state index contributed by atoms with van der Waals surface area (Å²) in [6, 6.07) is 0. The fourth-order valence-corrected chi connectivity index (χ4v) is 1.65. The number of rotatable bonds is 4. The van der Waals surface area contributed by atoms with Crippen LogP contribution in [-0.4, -0.2) is 30.3 Å². The van der Waals surface area contributed by atoms with Crippen LogP contribution in [0.2, 0.25) is 0 Å².